The van der Waals surface area contributed by atoms with Crippen LogP contribution < -0.4 is 4.90 Å². The molecule has 0 saturated carbocycles. The first-order valence-corrected chi connectivity index (χ1v) is 9.02. The molecule has 0 bridgehead atoms. The molecule has 2 aromatic heterocycles. The predicted octanol–water partition coefficient (Wildman–Crippen LogP) is 3.98. The molecule has 0 atom stereocenters. The van der Waals surface area contributed by atoms with E-state index >= 15 is 0 Å². The number of hydrogen-bond acceptors (Lipinski definition) is 4. The molecule has 0 radical (unpaired) electrons. The molecular formula is C22H16ClN3O. The van der Waals surface area contributed by atoms with Gasteiger partial charge in [-0.25, -0.2) is 9.97 Å². The van der Waals surface area contributed by atoms with Crippen molar-refractivity contribution in [3.8, 4) is 23.0 Å². The van der Waals surface area contributed by atoms with Crippen LogP contribution in [0.5, 0.6) is 0 Å². The molecule has 4 rings (SSSR count). The monoisotopic (exact) mass is 373 g/mol. The quantitative estimate of drug-likeness (QED) is 0.637. The molecule has 3 aromatic rings. The third-order valence-electron chi connectivity index (χ3n) is 4.38. The standard InChI is InChI=1S/C22H16ClN3O/c23-19-6-3-17(4-7-19)18-5-9-20(24-14-18)8-1-16-2-10-22(25-13-16)26-12-11-21(27)15-26/h2-7,9-10,13-14H,11-12,15H2. The van der Waals surface area contributed by atoms with E-state index < -0.39 is 0 Å². The first-order valence-electron chi connectivity index (χ1n) is 8.64. The molecular weight excluding hydrogens is 358 g/mol. The fourth-order valence-corrected chi connectivity index (χ4v) is 3.02. The van der Waals surface area contributed by atoms with E-state index in [2.05, 4.69) is 21.8 Å². The van der Waals surface area contributed by atoms with E-state index in [1.165, 1.54) is 0 Å². The van der Waals surface area contributed by atoms with Crippen LogP contribution in [0.1, 0.15) is 17.7 Å². The van der Waals surface area contributed by atoms with Crippen LogP contribution in [-0.2, 0) is 4.79 Å². The Morgan fingerprint density at radius 2 is 1.70 bits per heavy atom. The summed E-state index contributed by atoms with van der Waals surface area (Å²) in [5, 5.41) is 0.713. The van der Waals surface area contributed by atoms with Crippen molar-refractivity contribution in [2.75, 3.05) is 18.0 Å². The molecule has 1 fully saturated rings. The second-order valence-electron chi connectivity index (χ2n) is 6.30. The molecule has 0 N–H and O–H groups in total. The Kier molecular flexibility index (Phi) is 4.86. The number of anilines is 1. The summed E-state index contributed by atoms with van der Waals surface area (Å²) in [7, 11) is 0. The Balaban J connectivity index is 1.46. The summed E-state index contributed by atoms with van der Waals surface area (Å²) in [6, 6.07) is 15.4. The molecule has 27 heavy (non-hydrogen) atoms. The maximum Gasteiger partial charge on any atom is 0.153 e. The van der Waals surface area contributed by atoms with E-state index in [9.17, 15) is 4.79 Å². The lowest BCUT2D eigenvalue weighted by molar-refractivity contribution is -0.116. The SMILES string of the molecule is O=C1CCN(c2ccc(C#Cc3ccc(-c4ccc(Cl)cc4)cn3)cn2)C1. The lowest BCUT2D eigenvalue weighted by atomic mass is 10.1. The second kappa shape index (κ2) is 7.61. The van der Waals surface area contributed by atoms with Crippen molar-refractivity contribution in [1.29, 1.82) is 0 Å². The zero-order chi connectivity index (χ0) is 18.6. The minimum atomic E-state index is 0.258. The molecule has 0 amide bonds. The highest BCUT2D eigenvalue weighted by atomic mass is 35.5. The zero-order valence-corrected chi connectivity index (χ0v) is 15.3. The van der Waals surface area contributed by atoms with Gasteiger partial charge in [0.25, 0.3) is 0 Å². The molecule has 3 heterocycles. The molecule has 5 heteroatoms. The van der Waals surface area contributed by atoms with Gasteiger partial charge in [0.15, 0.2) is 5.78 Å². The van der Waals surface area contributed by atoms with Crippen LogP contribution in [0.2, 0.25) is 5.02 Å². The summed E-state index contributed by atoms with van der Waals surface area (Å²) in [5.74, 6) is 7.21. The van der Waals surface area contributed by atoms with Gasteiger partial charge in [-0.15, -0.1) is 0 Å². The van der Waals surface area contributed by atoms with E-state index in [0.29, 0.717) is 23.7 Å². The smallest absolute Gasteiger partial charge is 0.153 e. The fraction of sp³-hybridized carbons (Fsp3) is 0.136. The van der Waals surface area contributed by atoms with Crippen molar-refractivity contribution < 1.29 is 4.79 Å². The van der Waals surface area contributed by atoms with Gasteiger partial charge in [-0.2, -0.15) is 0 Å². The first kappa shape index (κ1) is 17.3. The van der Waals surface area contributed by atoms with Gasteiger partial charge in [0.2, 0.25) is 0 Å². The normalized spacial score (nSPS) is 13.4. The van der Waals surface area contributed by atoms with Gasteiger partial charge >= 0.3 is 0 Å². The van der Waals surface area contributed by atoms with Crippen LogP contribution in [0, 0.1) is 11.8 Å². The molecule has 1 aromatic carbocycles. The molecule has 4 nitrogen and oxygen atoms in total. The van der Waals surface area contributed by atoms with Crippen LogP contribution >= 0.6 is 11.6 Å². The van der Waals surface area contributed by atoms with Crippen molar-refractivity contribution in [2.45, 2.75) is 6.42 Å². The minimum absolute atomic E-state index is 0.258. The van der Waals surface area contributed by atoms with Crippen molar-refractivity contribution in [3.63, 3.8) is 0 Å². The minimum Gasteiger partial charge on any atom is -0.349 e. The van der Waals surface area contributed by atoms with Crippen LogP contribution in [0.15, 0.2) is 60.9 Å². The molecule has 1 aliphatic rings. The first-order chi connectivity index (χ1) is 13.2. The lowest BCUT2D eigenvalue weighted by Crippen LogP contribution is -2.20. The molecule has 0 unspecified atom stereocenters. The number of aromatic nitrogens is 2. The third-order valence-corrected chi connectivity index (χ3v) is 4.63. The highest BCUT2D eigenvalue weighted by Crippen LogP contribution is 2.21. The van der Waals surface area contributed by atoms with E-state index in [1.807, 2.05) is 53.4 Å². The summed E-state index contributed by atoms with van der Waals surface area (Å²) >= 11 is 5.92. The van der Waals surface area contributed by atoms with Gasteiger partial charge in [0.1, 0.15) is 11.5 Å². The predicted molar refractivity (Wildman–Crippen MR) is 107 cm³/mol. The Morgan fingerprint density at radius 3 is 2.33 bits per heavy atom. The number of pyridine rings is 2. The summed E-state index contributed by atoms with van der Waals surface area (Å²) in [5.41, 5.74) is 3.59. The average molecular weight is 374 g/mol. The third kappa shape index (κ3) is 4.16. The number of halogens is 1. The van der Waals surface area contributed by atoms with Crippen LogP contribution in [0.3, 0.4) is 0 Å². The summed E-state index contributed by atoms with van der Waals surface area (Å²) in [6.07, 6.45) is 4.13. The van der Waals surface area contributed by atoms with Gasteiger partial charge in [0.05, 0.1) is 6.54 Å². The van der Waals surface area contributed by atoms with Crippen molar-refractivity contribution >= 4 is 23.2 Å². The molecule has 0 aliphatic carbocycles. The molecule has 1 aliphatic heterocycles. The summed E-state index contributed by atoms with van der Waals surface area (Å²) in [4.78, 5) is 22.2. The zero-order valence-electron chi connectivity index (χ0n) is 14.5. The van der Waals surface area contributed by atoms with Gasteiger partial charge in [-0.3, -0.25) is 4.79 Å². The number of carbonyl (C=O) groups is 1. The number of hydrogen-bond donors (Lipinski definition) is 0. The van der Waals surface area contributed by atoms with E-state index in [4.69, 9.17) is 11.6 Å². The Labute approximate surface area is 162 Å². The largest absolute Gasteiger partial charge is 0.349 e. The topological polar surface area (TPSA) is 46.1 Å². The number of carbonyl (C=O) groups excluding carboxylic acids is 1. The highest BCUT2D eigenvalue weighted by Gasteiger charge is 2.20. The van der Waals surface area contributed by atoms with Gasteiger partial charge in [-0.05, 0) is 41.8 Å². The highest BCUT2D eigenvalue weighted by molar-refractivity contribution is 6.30. The van der Waals surface area contributed by atoms with Crippen LogP contribution in [-0.4, -0.2) is 28.8 Å². The van der Waals surface area contributed by atoms with E-state index in [0.717, 1.165) is 29.1 Å². The average Bonchev–Trinajstić information content (AvgIpc) is 3.14. The number of rotatable bonds is 2. The van der Waals surface area contributed by atoms with Crippen molar-refractivity contribution in [3.05, 3.63) is 77.2 Å². The Morgan fingerprint density at radius 1 is 0.889 bits per heavy atom. The lowest BCUT2D eigenvalue weighted by Gasteiger charge is -2.14. The van der Waals surface area contributed by atoms with Crippen LogP contribution in [0.25, 0.3) is 11.1 Å². The molecule has 0 spiro atoms. The van der Waals surface area contributed by atoms with E-state index in [-0.39, 0.29) is 5.78 Å². The molecule has 132 valence electrons. The van der Waals surface area contributed by atoms with Gasteiger partial charge in [-0.1, -0.05) is 35.7 Å². The van der Waals surface area contributed by atoms with Gasteiger partial charge in [0, 0.05) is 41.5 Å². The number of nitrogens with zero attached hydrogens (tertiary/aromatic N) is 3. The Bertz CT molecular complexity index is 1020. The van der Waals surface area contributed by atoms with Gasteiger partial charge < -0.3 is 4.90 Å². The van der Waals surface area contributed by atoms with Crippen LogP contribution in [0.4, 0.5) is 5.82 Å². The van der Waals surface area contributed by atoms with Crippen molar-refractivity contribution in [1.82, 2.24) is 9.97 Å². The van der Waals surface area contributed by atoms with Crippen molar-refractivity contribution in [2.24, 2.45) is 0 Å². The number of ketones is 1. The molecule has 1 saturated heterocycles. The Hall–Kier alpha value is -3.16. The van der Waals surface area contributed by atoms with E-state index in [1.54, 1.807) is 12.4 Å². The maximum absolute atomic E-state index is 11.4. The second-order valence-corrected chi connectivity index (χ2v) is 6.74. The number of benzene rings is 1. The fourth-order valence-electron chi connectivity index (χ4n) is 2.89. The summed E-state index contributed by atoms with van der Waals surface area (Å²) in [6.45, 7) is 1.18. The summed E-state index contributed by atoms with van der Waals surface area (Å²) < 4.78 is 0. The maximum atomic E-state index is 11.4. The number of Topliss-reactive ketones (excluding diaryl/α,β-unsaturated/α-hetero) is 1.